The van der Waals surface area contributed by atoms with Crippen molar-refractivity contribution in [1.82, 2.24) is 10.3 Å². The second kappa shape index (κ2) is 5.69. The molecule has 1 N–H and O–H groups in total. The van der Waals surface area contributed by atoms with Crippen LogP contribution in [0.25, 0.3) is 0 Å². The molecule has 17 heavy (non-hydrogen) atoms. The lowest BCUT2D eigenvalue weighted by molar-refractivity contribution is 0.522. The Balaban J connectivity index is 2.07. The van der Waals surface area contributed by atoms with E-state index < -0.39 is 0 Å². The molecule has 1 aliphatic heterocycles. The van der Waals surface area contributed by atoms with E-state index in [-0.39, 0.29) is 0 Å². The molecule has 0 saturated carbocycles. The van der Waals surface area contributed by atoms with Crippen LogP contribution in [0.3, 0.4) is 0 Å². The largest absolute Gasteiger partial charge is 0.351 e. The maximum Gasteiger partial charge on any atom is 0.147 e. The molecule has 1 aromatic heterocycles. The van der Waals surface area contributed by atoms with E-state index in [1.807, 2.05) is 18.3 Å². The number of nitrogens with zero attached hydrogens (tertiary/aromatic N) is 2. The van der Waals surface area contributed by atoms with Gasteiger partial charge in [-0.15, -0.1) is 0 Å². The molecule has 0 radical (unpaired) electrons. The smallest absolute Gasteiger partial charge is 0.147 e. The third-order valence-corrected chi connectivity index (χ3v) is 3.44. The fraction of sp³-hybridized carbons (Fsp3) is 0.615. The van der Waals surface area contributed by atoms with Gasteiger partial charge in [0.05, 0.1) is 5.02 Å². The highest BCUT2D eigenvalue weighted by atomic mass is 35.5. The van der Waals surface area contributed by atoms with E-state index in [4.69, 9.17) is 11.6 Å². The topological polar surface area (TPSA) is 28.2 Å². The van der Waals surface area contributed by atoms with E-state index in [9.17, 15) is 0 Å². The van der Waals surface area contributed by atoms with Crippen LogP contribution in [0.4, 0.5) is 5.82 Å². The molecule has 0 aliphatic carbocycles. The highest BCUT2D eigenvalue weighted by Crippen LogP contribution is 2.29. The molecular weight excluding hydrogens is 234 g/mol. The molecule has 0 aromatic carbocycles. The van der Waals surface area contributed by atoms with E-state index in [1.165, 1.54) is 12.8 Å². The first kappa shape index (κ1) is 12.7. The number of hydrogen-bond acceptors (Lipinski definition) is 3. The summed E-state index contributed by atoms with van der Waals surface area (Å²) < 4.78 is 0. The minimum Gasteiger partial charge on any atom is -0.351 e. The number of halogens is 1. The Bertz CT molecular complexity index is 367. The Hall–Kier alpha value is -0.800. The molecule has 0 amide bonds. The summed E-state index contributed by atoms with van der Waals surface area (Å²) in [4.78, 5) is 6.73. The van der Waals surface area contributed by atoms with Crippen LogP contribution in [0.2, 0.25) is 5.02 Å². The summed E-state index contributed by atoms with van der Waals surface area (Å²) in [5.74, 6) is 0.933. The zero-order valence-corrected chi connectivity index (χ0v) is 11.2. The molecule has 0 spiro atoms. The minimum absolute atomic E-state index is 0.518. The Labute approximate surface area is 108 Å². The summed E-state index contributed by atoms with van der Waals surface area (Å²) in [6.07, 6.45) is 4.25. The van der Waals surface area contributed by atoms with Crippen molar-refractivity contribution in [1.29, 1.82) is 0 Å². The van der Waals surface area contributed by atoms with Gasteiger partial charge in [0.15, 0.2) is 0 Å². The van der Waals surface area contributed by atoms with E-state index >= 15 is 0 Å². The van der Waals surface area contributed by atoms with Gasteiger partial charge in [-0.2, -0.15) is 0 Å². The number of anilines is 1. The molecule has 94 valence electrons. The lowest BCUT2D eigenvalue weighted by Crippen LogP contribution is -2.40. The van der Waals surface area contributed by atoms with Crippen LogP contribution in [-0.2, 0) is 0 Å². The monoisotopic (exact) mass is 253 g/mol. The Kier molecular flexibility index (Phi) is 4.24. The van der Waals surface area contributed by atoms with Crippen LogP contribution in [-0.4, -0.2) is 30.2 Å². The summed E-state index contributed by atoms with van der Waals surface area (Å²) in [7, 11) is 0. The van der Waals surface area contributed by atoms with Crippen LogP contribution in [0, 0.1) is 0 Å². The summed E-state index contributed by atoms with van der Waals surface area (Å²) >= 11 is 6.21. The van der Waals surface area contributed by atoms with Crippen molar-refractivity contribution in [2.75, 3.05) is 18.0 Å². The Morgan fingerprint density at radius 3 is 3.12 bits per heavy atom. The number of aromatic nitrogens is 1. The van der Waals surface area contributed by atoms with Crippen LogP contribution >= 0.6 is 11.6 Å². The molecule has 3 nitrogen and oxygen atoms in total. The normalized spacial score (nSPS) is 20.2. The number of rotatable bonds is 4. The molecule has 2 rings (SSSR count). The molecule has 1 saturated heterocycles. The van der Waals surface area contributed by atoms with Crippen LogP contribution in [0.5, 0.6) is 0 Å². The lowest BCUT2D eigenvalue weighted by atomic mass is 10.2. The molecule has 4 heteroatoms. The zero-order chi connectivity index (χ0) is 12.3. The van der Waals surface area contributed by atoms with E-state index in [1.54, 1.807) is 0 Å². The highest BCUT2D eigenvalue weighted by molar-refractivity contribution is 6.32. The average molecular weight is 254 g/mol. The molecule has 1 aliphatic rings. The van der Waals surface area contributed by atoms with Gasteiger partial charge in [-0.1, -0.05) is 25.4 Å². The fourth-order valence-corrected chi connectivity index (χ4v) is 2.52. The minimum atomic E-state index is 0.518. The van der Waals surface area contributed by atoms with Gasteiger partial charge < -0.3 is 10.2 Å². The second-order valence-corrected chi connectivity index (χ2v) is 5.27. The third kappa shape index (κ3) is 3.11. The highest BCUT2D eigenvalue weighted by Gasteiger charge is 2.26. The Morgan fingerprint density at radius 2 is 2.41 bits per heavy atom. The third-order valence-electron chi connectivity index (χ3n) is 3.15. The zero-order valence-electron chi connectivity index (χ0n) is 10.5. The SMILES string of the molecule is CC(C)NCC1CCCN1c1ncccc1Cl. The molecule has 1 aromatic rings. The second-order valence-electron chi connectivity index (χ2n) is 4.86. The predicted molar refractivity (Wildman–Crippen MR) is 72.8 cm³/mol. The first-order valence-electron chi connectivity index (χ1n) is 6.29. The maximum absolute atomic E-state index is 6.21. The van der Waals surface area contributed by atoms with Gasteiger partial charge in [0, 0.05) is 31.4 Å². The first-order valence-corrected chi connectivity index (χ1v) is 6.67. The van der Waals surface area contributed by atoms with Crippen molar-refractivity contribution in [3.8, 4) is 0 Å². The van der Waals surface area contributed by atoms with E-state index in [0.717, 1.165) is 23.9 Å². The van der Waals surface area contributed by atoms with Crippen LogP contribution < -0.4 is 10.2 Å². The van der Waals surface area contributed by atoms with Crippen molar-refractivity contribution in [2.24, 2.45) is 0 Å². The van der Waals surface area contributed by atoms with Gasteiger partial charge in [0.25, 0.3) is 0 Å². The van der Waals surface area contributed by atoms with E-state index in [0.29, 0.717) is 12.1 Å². The molecule has 2 heterocycles. The summed E-state index contributed by atoms with van der Waals surface area (Å²) in [6, 6.07) is 4.83. The number of pyridine rings is 1. The summed E-state index contributed by atoms with van der Waals surface area (Å²) in [5.41, 5.74) is 0. The Morgan fingerprint density at radius 1 is 1.59 bits per heavy atom. The number of nitrogens with one attached hydrogen (secondary N) is 1. The summed E-state index contributed by atoms with van der Waals surface area (Å²) in [5, 5.41) is 4.25. The van der Waals surface area contributed by atoms with Gasteiger partial charge in [0.1, 0.15) is 5.82 Å². The molecule has 1 fully saturated rings. The van der Waals surface area contributed by atoms with Crippen molar-refractivity contribution in [2.45, 2.75) is 38.8 Å². The van der Waals surface area contributed by atoms with Gasteiger partial charge in [0.2, 0.25) is 0 Å². The first-order chi connectivity index (χ1) is 8.18. The van der Waals surface area contributed by atoms with Gasteiger partial charge in [-0.05, 0) is 25.0 Å². The average Bonchev–Trinajstić information content (AvgIpc) is 2.75. The van der Waals surface area contributed by atoms with Gasteiger partial charge >= 0.3 is 0 Å². The molecule has 1 unspecified atom stereocenters. The quantitative estimate of drug-likeness (QED) is 0.894. The predicted octanol–water partition coefficient (Wildman–Crippen LogP) is 2.70. The molecule has 1 atom stereocenters. The van der Waals surface area contributed by atoms with Crippen LogP contribution in [0.1, 0.15) is 26.7 Å². The van der Waals surface area contributed by atoms with Crippen molar-refractivity contribution in [3.05, 3.63) is 23.4 Å². The maximum atomic E-state index is 6.21. The lowest BCUT2D eigenvalue weighted by Gasteiger charge is -2.27. The molecular formula is C13H20ClN3. The van der Waals surface area contributed by atoms with Crippen molar-refractivity contribution >= 4 is 17.4 Å². The van der Waals surface area contributed by atoms with Gasteiger partial charge in [-0.25, -0.2) is 4.98 Å². The summed E-state index contributed by atoms with van der Waals surface area (Å²) in [6.45, 7) is 6.41. The molecule has 0 bridgehead atoms. The fourth-order valence-electron chi connectivity index (χ4n) is 2.29. The van der Waals surface area contributed by atoms with Crippen LogP contribution in [0.15, 0.2) is 18.3 Å². The number of hydrogen-bond donors (Lipinski definition) is 1. The standard InChI is InChI=1S/C13H20ClN3/c1-10(2)16-9-11-5-4-8-17(11)13-12(14)6-3-7-15-13/h3,6-7,10-11,16H,4-5,8-9H2,1-2H3. The van der Waals surface area contributed by atoms with Crippen molar-refractivity contribution < 1.29 is 0 Å². The van der Waals surface area contributed by atoms with Crippen molar-refractivity contribution in [3.63, 3.8) is 0 Å². The van der Waals surface area contributed by atoms with Gasteiger partial charge in [-0.3, -0.25) is 0 Å². The van der Waals surface area contributed by atoms with E-state index in [2.05, 4.69) is 29.0 Å².